The van der Waals surface area contributed by atoms with Crippen LogP contribution in [0.3, 0.4) is 0 Å². The number of carbonyl (C=O) groups excluding carboxylic acids is 1. The van der Waals surface area contributed by atoms with Crippen molar-refractivity contribution in [2.45, 2.75) is 25.4 Å². The molecule has 1 aliphatic rings. The van der Waals surface area contributed by atoms with E-state index in [1.807, 2.05) is 29.2 Å². The van der Waals surface area contributed by atoms with Gasteiger partial charge in [0.15, 0.2) is 0 Å². The SMILES string of the molecule is NCc1ccc(C(=O)N2CCCC2c2cccs2)cc1. The van der Waals surface area contributed by atoms with E-state index in [9.17, 15) is 4.79 Å². The number of thiophene rings is 1. The summed E-state index contributed by atoms with van der Waals surface area (Å²) in [6.07, 6.45) is 2.14. The van der Waals surface area contributed by atoms with Crippen molar-refractivity contribution in [2.24, 2.45) is 5.73 Å². The maximum atomic E-state index is 12.7. The Morgan fingerprint density at radius 2 is 2.10 bits per heavy atom. The van der Waals surface area contributed by atoms with Crippen LogP contribution in [0.25, 0.3) is 0 Å². The normalized spacial score (nSPS) is 18.4. The lowest BCUT2D eigenvalue weighted by Crippen LogP contribution is -2.30. The van der Waals surface area contributed by atoms with Crippen molar-refractivity contribution in [2.75, 3.05) is 6.54 Å². The quantitative estimate of drug-likeness (QED) is 0.942. The van der Waals surface area contributed by atoms with Gasteiger partial charge in [-0.1, -0.05) is 18.2 Å². The molecule has 0 spiro atoms. The van der Waals surface area contributed by atoms with Crippen molar-refractivity contribution in [3.63, 3.8) is 0 Å². The minimum absolute atomic E-state index is 0.129. The summed E-state index contributed by atoms with van der Waals surface area (Å²) in [6, 6.07) is 12.1. The van der Waals surface area contributed by atoms with Gasteiger partial charge in [0.25, 0.3) is 5.91 Å². The van der Waals surface area contributed by atoms with Gasteiger partial charge in [0.1, 0.15) is 0 Å². The molecular formula is C16H18N2OS. The van der Waals surface area contributed by atoms with Crippen LogP contribution < -0.4 is 5.73 Å². The number of nitrogens with zero attached hydrogens (tertiary/aromatic N) is 1. The zero-order valence-corrected chi connectivity index (χ0v) is 12.1. The second kappa shape index (κ2) is 5.77. The van der Waals surface area contributed by atoms with Crippen LogP contribution in [-0.2, 0) is 6.54 Å². The lowest BCUT2D eigenvalue weighted by atomic mass is 10.1. The number of nitrogens with two attached hydrogens (primary N) is 1. The molecule has 3 nitrogen and oxygen atoms in total. The van der Waals surface area contributed by atoms with E-state index in [0.717, 1.165) is 30.5 Å². The van der Waals surface area contributed by atoms with Gasteiger partial charge in [0.05, 0.1) is 6.04 Å². The molecule has 1 aliphatic heterocycles. The van der Waals surface area contributed by atoms with Gasteiger partial charge < -0.3 is 10.6 Å². The van der Waals surface area contributed by atoms with Crippen LogP contribution >= 0.6 is 11.3 Å². The second-order valence-electron chi connectivity index (χ2n) is 5.07. The highest BCUT2D eigenvalue weighted by atomic mass is 32.1. The van der Waals surface area contributed by atoms with E-state index in [4.69, 9.17) is 5.73 Å². The number of likely N-dealkylation sites (tertiary alicyclic amines) is 1. The molecule has 4 heteroatoms. The fourth-order valence-corrected chi connectivity index (χ4v) is 3.61. The topological polar surface area (TPSA) is 46.3 Å². The van der Waals surface area contributed by atoms with Gasteiger partial charge in [-0.15, -0.1) is 11.3 Å². The monoisotopic (exact) mass is 286 g/mol. The number of amides is 1. The smallest absolute Gasteiger partial charge is 0.254 e. The van der Waals surface area contributed by atoms with E-state index in [1.165, 1.54) is 4.88 Å². The molecule has 104 valence electrons. The van der Waals surface area contributed by atoms with Crippen molar-refractivity contribution in [1.29, 1.82) is 0 Å². The first-order valence-electron chi connectivity index (χ1n) is 6.93. The fourth-order valence-electron chi connectivity index (χ4n) is 2.74. The highest BCUT2D eigenvalue weighted by Crippen LogP contribution is 2.35. The molecule has 1 saturated heterocycles. The molecule has 2 aromatic rings. The average molecular weight is 286 g/mol. The molecule has 2 heterocycles. The molecule has 1 fully saturated rings. The summed E-state index contributed by atoms with van der Waals surface area (Å²) in [6.45, 7) is 1.36. The molecule has 3 rings (SSSR count). The number of hydrogen-bond donors (Lipinski definition) is 1. The van der Waals surface area contributed by atoms with Gasteiger partial charge in [0.2, 0.25) is 0 Å². The Morgan fingerprint density at radius 1 is 1.30 bits per heavy atom. The van der Waals surface area contributed by atoms with Crippen LogP contribution in [0.4, 0.5) is 0 Å². The van der Waals surface area contributed by atoms with Gasteiger partial charge in [-0.2, -0.15) is 0 Å². The highest BCUT2D eigenvalue weighted by molar-refractivity contribution is 7.10. The Kier molecular flexibility index (Phi) is 3.85. The van der Waals surface area contributed by atoms with Gasteiger partial charge in [-0.3, -0.25) is 4.79 Å². The summed E-state index contributed by atoms with van der Waals surface area (Å²) in [5.41, 5.74) is 7.40. The maximum absolute atomic E-state index is 12.7. The largest absolute Gasteiger partial charge is 0.331 e. The molecule has 0 saturated carbocycles. The number of rotatable bonds is 3. The minimum atomic E-state index is 0.129. The number of benzene rings is 1. The molecule has 0 bridgehead atoms. The lowest BCUT2D eigenvalue weighted by molar-refractivity contribution is 0.0738. The molecule has 1 aromatic heterocycles. The third kappa shape index (κ3) is 2.49. The van der Waals surface area contributed by atoms with Gasteiger partial charge >= 0.3 is 0 Å². The molecular weight excluding hydrogens is 268 g/mol. The fraction of sp³-hybridized carbons (Fsp3) is 0.312. The average Bonchev–Trinajstić information content (AvgIpc) is 3.16. The van der Waals surface area contributed by atoms with Crippen molar-refractivity contribution >= 4 is 17.2 Å². The molecule has 2 N–H and O–H groups in total. The summed E-state index contributed by atoms with van der Waals surface area (Å²) in [4.78, 5) is 15.9. The van der Waals surface area contributed by atoms with E-state index >= 15 is 0 Å². The molecule has 0 radical (unpaired) electrons. The third-order valence-electron chi connectivity index (χ3n) is 3.82. The third-order valence-corrected chi connectivity index (χ3v) is 4.80. The Morgan fingerprint density at radius 3 is 2.75 bits per heavy atom. The molecule has 1 amide bonds. The van der Waals surface area contributed by atoms with Crippen LogP contribution in [0, 0.1) is 0 Å². The zero-order valence-electron chi connectivity index (χ0n) is 11.3. The van der Waals surface area contributed by atoms with Crippen LogP contribution in [0.2, 0.25) is 0 Å². The molecule has 1 unspecified atom stereocenters. The van der Waals surface area contributed by atoms with E-state index in [0.29, 0.717) is 6.54 Å². The molecule has 0 aliphatic carbocycles. The van der Waals surface area contributed by atoms with Crippen LogP contribution in [-0.4, -0.2) is 17.4 Å². The second-order valence-corrected chi connectivity index (χ2v) is 6.05. The van der Waals surface area contributed by atoms with Gasteiger partial charge in [-0.05, 0) is 42.0 Å². The van der Waals surface area contributed by atoms with E-state index in [-0.39, 0.29) is 11.9 Å². The Bertz CT molecular complexity index is 577. The van der Waals surface area contributed by atoms with Crippen LogP contribution in [0.1, 0.15) is 39.7 Å². The predicted molar refractivity (Wildman–Crippen MR) is 81.7 cm³/mol. The Balaban J connectivity index is 1.81. The first-order valence-corrected chi connectivity index (χ1v) is 7.81. The van der Waals surface area contributed by atoms with Crippen molar-refractivity contribution in [3.8, 4) is 0 Å². The lowest BCUT2D eigenvalue weighted by Gasteiger charge is -2.24. The zero-order chi connectivity index (χ0) is 13.9. The van der Waals surface area contributed by atoms with Crippen molar-refractivity contribution in [3.05, 3.63) is 57.8 Å². The first-order chi connectivity index (χ1) is 9.79. The summed E-state index contributed by atoms with van der Waals surface area (Å²) in [5, 5.41) is 2.08. The summed E-state index contributed by atoms with van der Waals surface area (Å²) in [7, 11) is 0. The van der Waals surface area contributed by atoms with Gasteiger partial charge in [0, 0.05) is 23.5 Å². The summed E-state index contributed by atoms with van der Waals surface area (Å²) >= 11 is 1.73. The Labute approximate surface area is 123 Å². The standard InChI is InChI=1S/C16H18N2OS/c17-11-12-5-7-13(8-6-12)16(19)18-9-1-3-14(18)15-4-2-10-20-15/h2,4-8,10,14H,1,3,9,11,17H2. The predicted octanol–water partition coefficient (Wildman–Crippen LogP) is 3.18. The summed E-state index contributed by atoms with van der Waals surface area (Å²) < 4.78 is 0. The van der Waals surface area contributed by atoms with Crippen LogP contribution in [0.15, 0.2) is 41.8 Å². The molecule has 1 aromatic carbocycles. The first kappa shape index (κ1) is 13.3. The molecule has 20 heavy (non-hydrogen) atoms. The van der Waals surface area contributed by atoms with E-state index in [1.54, 1.807) is 11.3 Å². The van der Waals surface area contributed by atoms with Gasteiger partial charge in [-0.25, -0.2) is 0 Å². The van der Waals surface area contributed by atoms with E-state index < -0.39 is 0 Å². The number of hydrogen-bond acceptors (Lipinski definition) is 3. The Hall–Kier alpha value is -1.65. The maximum Gasteiger partial charge on any atom is 0.254 e. The highest BCUT2D eigenvalue weighted by Gasteiger charge is 2.30. The molecule has 1 atom stereocenters. The number of carbonyl (C=O) groups is 1. The van der Waals surface area contributed by atoms with Crippen molar-refractivity contribution in [1.82, 2.24) is 4.90 Å². The van der Waals surface area contributed by atoms with E-state index in [2.05, 4.69) is 17.5 Å². The van der Waals surface area contributed by atoms with Crippen molar-refractivity contribution < 1.29 is 4.79 Å². The minimum Gasteiger partial charge on any atom is -0.331 e. The van der Waals surface area contributed by atoms with Crippen LogP contribution in [0.5, 0.6) is 0 Å². The summed E-state index contributed by atoms with van der Waals surface area (Å²) in [5.74, 6) is 0.129.